The first-order valence-electron chi connectivity index (χ1n) is 10.1. The van der Waals surface area contributed by atoms with Crippen molar-refractivity contribution in [3.8, 4) is 0 Å². The zero-order chi connectivity index (χ0) is 22.0. The third kappa shape index (κ3) is 4.98. The van der Waals surface area contributed by atoms with E-state index in [-0.39, 0.29) is 18.0 Å². The maximum Gasteiger partial charge on any atom is 0.416 e. The van der Waals surface area contributed by atoms with Crippen molar-refractivity contribution in [2.45, 2.75) is 42.0 Å². The molecule has 2 N–H and O–H groups in total. The minimum absolute atomic E-state index is 0.128. The molecule has 164 valence electrons. The summed E-state index contributed by atoms with van der Waals surface area (Å²) < 4.78 is 39.8. The fourth-order valence-electron chi connectivity index (χ4n) is 3.82. The number of fused-ring (bicyclic) bond motifs is 1. The second kappa shape index (κ2) is 8.82. The van der Waals surface area contributed by atoms with Gasteiger partial charge in [-0.1, -0.05) is 12.1 Å². The average Bonchev–Trinajstić information content (AvgIpc) is 2.74. The standard InChI is InChI=1S/C22H22F3N3O2S/c23-22(24,25)14-8-9-17(28-10-4-1-5-11-28)16(12-14)26-20(29)13-19-21(30)27-15-6-2-3-7-18(15)31-19/h2-3,6-9,12,19H,1,4-5,10-11,13H2,(H,26,29)(H,27,30)/t19-/m0/s1. The maximum atomic E-state index is 13.3. The molecule has 0 bridgehead atoms. The van der Waals surface area contributed by atoms with Crippen LogP contribution in [0.1, 0.15) is 31.2 Å². The highest BCUT2D eigenvalue weighted by molar-refractivity contribution is 8.01. The monoisotopic (exact) mass is 449 g/mol. The van der Waals surface area contributed by atoms with Gasteiger partial charge in [0.05, 0.1) is 27.9 Å². The Balaban J connectivity index is 1.53. The summed E-state index contributed by atoms with van der Waals surface area (Å²) in [5, 5.41) is 4.76. The molecule has 0 radical (unpaired) electrons. The van der Waals surface area contributed by atoms with Gasteiger partial charge in [0.2, 0.25) is 11.8 Å². The van der Waals surface area contributed by atoms with Gasteiger partial charge in [-0.15, -0.1) is 11.8 Å². The van der Waals surface area contributed by atoms with Crippen molar-refractivity contribution in [2.24, 2.45) is 0 Å². The first-order chi connectivity index (χ1) is 14.8. The number of nitrogens with one attached hydrogen (secondary N) is 2. The predicted octanol–water partition coefficient (Wildman–Crippen LogP) is 5.14. The molecule has 2 aromatic carbocycles. The van der Waals surface area contributed by atoms with Crippen molar-refractivity contribution in [3.63, 3.8) is 0 Å². The molecular weight excluding hydrogens is 427 g/mol. The van der Waals surface area contributed by atoms with Gasteiger partial charge in [0, 0.05) is 24.4 Å². The summed E-state index contributed by atoms with van der Waals surface area (Å²) in [6.45, 7) is 1.46. The number of benzene rings is 2. The molecule has 1 atom stereocenters. The van der Waals surface area contributed by atoms with Gasteiger partial charge >= 0.3 is 6.18 Å². The second-order valence-corrected chi connectivity index (χ2v) is 8.87. The van der Waals surface area contributed by atoms with Crippen LogP contribution >= 0.6 is 11.8 Å². The van der Waals surface area contributed by atoms with Gasteiger partial charge in [-0.05, 0) is 49.6 Å². The molecule has 0 saturated carbocycles. The van der Waals surface area contributed by atoms with Crippen LogP contribution in [0.15, 0.2) is 47.4 Å². The molecule has 4 rings (SSSR count). The van der Waals surface area contributed by atoms with E-state index < -0.39 is 22.9 Å². The quantitative estimate of drug-likeness (QED) is 0.679. The lowest BCUT2D eigenvalue weighted by atomic mass is 10.1. The van der Waals surface area contributed by atoms with Crippen molar-refractivity contribution >= 4 is 40.6 Å². The Morgan fingerprint density at radius 2 is 1.87 bits per heavy atom. The van der Waals surface area contributed by atoms with Gasteiger partial charge in [0.15, 0.2) is 0 Å². The number of thioether (sulfide) groups is 1. The lowest BCUT2D eigenvalue weighted by Gasteiger charge is -2.31. The van der Waals surface area contributed by atoms with Gasteiger partial charge in [-0.25, -0.2) is 0 Å². The highest BCUT2D eigenvalue weighted by atomic mass is 32.2. The van der Waals surface area contributed by atoms with E-state index in [2.05, 4.69) is 10.6 Å². The number of anilines is 3. The van der Waals surface area contributed by atoms with Gasteiger partial charge in [-0.3, -0.25) is 9.59 Å². The smallest absolute Gasteiger partial charge is 0.370 e. The van der Waals surface area contributed by atoms with Gasteiger partial charge < -0.3 is 15.5 Å². The van der Waals surface area contributed by atoms with E-state index in [0.29, 0.717) is 11.4 Å². The summed E-state index contributed by atoms with van der Waals surface area (Å²) in [5.41, 5.74) is 0.581. The van der Waals surface area contributed by atoms with E-state index in [9.17, 15) is 22.8 Å². The number of alkyl halides is 3. The maximum absolute atomic E-state index is 13.3. The van der Waals surface area contributed by atoms with Crippen LogP contribution in [0.5, 0.6) is 0 Å². The van der Waals surface area contributed by atoms with Crippen molar-refractivity contribution in [1.82, 2.24) is 0 Å². The zero-order valence-electron chi connectivity index (χ0n) is 16.7. The third-order valence-electron chi connectivity index (χ3n) is 5.37. The fourth-order valence-corrected chi connectivity index (χ4v) is 4.93. The van der Waals surface area contributed by atoms with Crippen LogP contribution in [0.25, 0.3) is 0 Å². The predicted molar refractivity (Wildman–Crippen MR) is 115 cm³/mol. The number of piperidine rings is 1. The molecule has 2 aliphatic heterocycles. The Hall–Kier alpha value is -2.68. The third-order valence-corrected chi connectivity index (χ3v) is 6.65. The topological polar surface area (TPSA) is 61.4 Å². The number of amides is 2. The Bertz CT molecular complexity index is 990. The van der Waals surface area contributed by atoms with Crippen LogP contribution in [-0.2, 0) is 15.8 Å². The van der Waals surface area contributed by atoms with Crippen LogP contribution in [0.4, 0.5) is 30.2 Å². The Labute approximate surface area is 182 Å². The molecule has 31 heavy (non-hydrogen) atoms. The van der Waals surface area contributed by atoms with E-state index >= 15 is 0 Å². The minimum atomic E-state index is -4.51. The van der Waals surface area contributed by atoms with Crippen molar-refractivity contribution in [2.75, 3.05) is 28.6 Å². The van der Waals surface area contributed by atoms with Gasteiger partial charge in [0.25, 0.3) is 0 Å². The molecule has 2 heterocycles. The SMILES string of the molecule is O=C(C[C@@H]1Sc2ccccc2NC1=O)Nc1cc(C(F)(F)F)ccc1N1CCCCC1. The Morgan fingerprint density at radius 3 is 2.61 bits per heavy atom. The second-order valence-electron chi connectivity index (χ2n) is 7.62. The van der Waals surface area contributed by atoms with Crippen molar-refractivity contribution in [3.05, 3.63) is 48.0 Å². The summed E-state index contributed by atoms with van der Waals surface area (Å²) in [6, 6.07) is 10.7. The lowest BCUT2D eigenvalue weighted by Crippen LogP contribution is -2.33. The zero-order valence-corrected chi connectivity index (χ0v) is 17.5. The number of halogens is 3. The first-order valence-corrected chi connectivity index (χ1v) is 11.0. The lowest BCUT2D eigenvalue weighted by molar-refractivity contribution is -0.137. The van der Waals surface area contributed by atoms with Crippen LogP contribution in [0, 0.1) is 0 Å². The molecule has 2 amide bonds. The van der Waals surface area contributed by atoms with E-state index in [4.69, 9.17) is 0 Å². The fraction of sp³-hybridized carbons (Fsp3) is 0.364. The first kappa shape index (κ1) is 21.5. The Morgan fingerprint density at radius 1 is 1.13 bits per heavy atom. The summed E-state index contributed by atoms with van der Waals surface area (Å²) in [4.78, 5) is 28.0. The van der Waals surface area contributed by atoms with Crippen molar-refractivity contribution < 1.29 is 22.8 Å². The van der Waals surface area contributed by atoms with E-state index in [0.717, 1.165) is 49.4 Å². The highest BCUT2D eigenvalue weighted by Gasteiger charge is 2.33. The molecule has 0 unspecified atom stereocenters. The molecular formula is C22H22F3N3O2S. The largest absolute Gasteiger partial charge is 0.416 e. The molecule has 2 aromatic rings. The number of hydrogen-bond acceptors (Lipinski definition) is 4. The number of rotatable bonds is 4. The summed E-state index contributed by atoms with van der Waals surface area (Å²) in [5.74, 6) is -0.788. The molecule has 0 aliphatic carbocycles. The number of carbonyl (C=O) groups excluding carboxylic acids is 2. The molecule has 5 nitrogen and oxygen atoms in total. The van der Waals surface area contributed by atoms with Gasteiger partial charge in [-0.2, -0.15) is 13.2 Å². The molecule has 1 fully saturated rings. The van der Waals surface area contributed by atoms with Crippen LogP contribution < -0.4 is 15.5 Å². The van der Waals surface area contributed by atoms with Crippen LogP contribution in [0.2, 0.25) is 0 Å². The molecule has 0 aromatic heterocycles. The highest BCUT2D eigenvalue weighted by Crippen LogP contribution is 2.38. The number of para-hydroxylation sites is 1. The average molecular weight is 449 g/mol. The van der Waals surface area contributed by atoms with Crippen LogP contribution in [0.3, 0.4) is 0 Å². The van der Waals surface area contributed by atoms with Gasteiger partial charge in [0.1, 0.15) is 0 Å². The normalized spacial score (nSPS) is 18.9. The van der Waals surface area contributed by atoms with Crippen LogP contribution in [-0.4, -0.2) is 30.2 Å². The number of hydrogen-bond donors (Lipinski definition) is 2. The summed E-state index contributed by atoms with van der Waals surface area (Å²) in [7, 11) is 0. The van der Waals surface area contributed by atoms with Crippen molar-refractivity contribution in [1.29, 1.82) is 0 Å². The molecule has 9 heteroatoms. The number of nitrogens with zero attached hydrogens (tertiary/aromatic N) is 1. The number of carbonyl (C=O) groups is 2. The minimum Gasteiger partial charge on any atom is -0.370 e. The molecule has 1 saturated heterocycles. The molecule has 2 aliphatic rings. The van der Waals surface area contributed by atoms with E-state index in [1.54, 1.807) is 6.07 Å². The molecule has 0 spiro atoms. The van der Waals surface area contributed by atoms with E-state index in [1.807, 2.05) is 23.1 Å². The summed E-state index contributed by atoms with van der Waals surface area (Å²) >= 11 is 1.28. The van der Waals surface area contributed by atoms with E-state index in [1.165, 1.54) is 17.8 Å². The Kier molecular flexibility index (Phi) is 6.13. The summed E-state index contributed by atoms with van der Waals surface area (Å²) in [6.07, 6.45) is -1.67.